The number of carboxylic acid groups (broad SMARTS) is 1. The highest BCUT2D eigenvalue weighted by atomic mass is 35.5. The van der Waals surface area contributed by atoms with Crippen LogP contribution in [0.2, 0.25) is 10.0 Å². The van der Waals surface area contributed by atoms with Gasteiger partial charge in [-0.3, -0.25) is 9.59 Å². The molecule has 1 fully saturated rings. The summed E-state index contributed by atoms with van der Waals surface area (Å²) in [4.78, 5) is 27.9. The van der Waals surface area contributed by atoms with Gasteiger partial charge in [0.1, 0.15) is 0 Å². The third-order valence-corrected chi connectivity index (χ3v) is 10.7. The molecule has 2 aromatic carbocycles. The van der Waals surface area contributed by atoms with Crippen LogP contribution in [0.4, 0.5) is 0 Å². The highest BCUT2D eigenvalue weighted by Crippen LogP contribution is 2.52. The van der Waals surface area contributed by atoms with Crippen LogP contribution in [-0.4, -0.2) is 59.0 Å². The molecule has 4 atom stereocenters. The summed E-state index contributed by atoms with van der Waals surface area (Å²) in [5.74, 6) is -1.58. The number of benzene rings is 2. The fourth-order valence-corrected chi connectivity index (χ4v) is 7.06. The number of amides is 1. The van der Waals surface area contributed by atoms with E-state index in [1.165, 1.54) is 4.31 Å². The van der Waals surface area contributed by atoms with Crippen LogP contribution < -0.4 is 0 Å². The van der Waals surface area contributed by atoms with Crippen LogP contribution in [0, 0.1) is 5.41 Å². The Hall–Kier alpha value is -2.13. The maximum atomic E-state index is 14.2. The first-order chi connectivity index (χ1) is 18.0. The van der Waals surface area contributed by atoms with Crippen molar-refractivity contribution in [1.29, 1.82) is 0 Å². The molecule has 1 N–H and O–H groups in total. The van der Waals surface area contributed by atoms with Gasteiger partial charge in [0.05, 0.1) is 22.6 Å². The van der Waals surface area contributed by atoms with E-state index in [0.717, 1.165) is 11.1 Å². The summed E-state index contributed by atoms with van der Waals surface area (Å²) in [6.07, 6.45) is 0.359. The molecular formula is C29H38Cl2N2O5S. The summed E-state index contributed by atoms with van der Waals surface area (Å²) in [7, 11) is -2.01. The molecule has 1 saturated heterocycles. The van der Waals surface area contributed by atoms with Gasteiger partial charge in [-0.2, -0.15) is 0 Å². The smallest absolute Gasteiger partial charge is 0.304 e. The molecule has 0 saturated carbocycles. The molecular weight excluding hydrogens is 559 g/mol. The Morgan fingerprint density at radius 1 is 1.13 bits per heavy atom. The normalized spacial score (nSPS) is 23.2. The number of hydrogen-bond donors (Lipinski definition) is 1. The molecule has 2 aromatic rings. The van der Waals surface area contributed by atoms with E-state index in [0.29, 0.717) is 22.9 Å². The fraction of sp³-hybridized carbons (Fsp3) is 0.517. The van der Waals surface area contributed by atoms with Gasteiger partial charge in [0.25, 0.3) is 0 Å². The molecule has 0 spiro atoms. The predicted octanol–water partition coefficient (Wildman–Crippen LogP) is 6.37. The maximum absolute atomic E-state index is 14.2. The Morgan fingerprint density at radius 3 is 2.28 bits per heavy atom. The lowest BCUT2D eigenvalue weighted by atomic mass is 9.67. The van der Waals surface area contributed by atoms with Crippen LogP contribution >= 0.6 is 23.2 Å². The van der Waals surface area contributed by atoms with Crippen molar-refractivity contribution in [3.63, 3.8) is 0 Å². The number of rotatable bonds is 9. The topological polar surface area (TPSA) is 95.0 Å². The van der Waals surface area contributed by atoms with Crippen molar-refractivity contribution in [3.8, 4) is 0 Å². The van der Waals surface area contributed by atoms with Crippen LogP contribution in [0.5, 0.6) is 0 Å². The van der Waals surface area contributed by atoms with Crippen LogP contribution in [0.1, 0.15) is 77.0 Å². The first-order valence-corrected chi connectivity index (χ1v) is 15.2. The van der Waals surface area contributed by atoms with E-state index in [1.54, 1.807) is 57.8 Å². The third kappa shape index (κ3) is 6.79. The molecule has 0 unspecified atom stereocenters. The molecule has 0 bridgehead atoms. The number of sulfonamides is 1. The molecule has 0 aliphatic carbocycles. The second-order valence-corrected chi connectivity index (χ2v) is 15.5. The van der Waals surface area contributed by atoms with Gasteiger partial charge in [-0.15, -0.1) is 0 Å². The predicted molar refractivity (Wildman–Crippen MR) is 156 cm³/mol. The van der Waals surface area contributed by atoms with Gasteiger partial charge in [-0.25, -0.2) is 12.7 Å². The zero-order chi connectivity index (χ0) is 29.3. The van der Waals surface area contributed by atoms with Crippen molar-refractivity contribution >= 4 is 45.1 Å². The first-order valence-electron chi connectivity index (χ1n) is 13.0. The summed E-state index contributed by atoms with van der Waals surface area (Å²) in [5, 5.41) is 10.9. The van der Waals surface area contributed by atoms with Crippen LogP contribution in [0.15, 0.2) is 48.5 Å². The SMILES string of the molecule is C[C@@H](CCN(C)S(=O)(=O)C(C)(C)C)N1C(=O)[C@@](C)(CC(=O)O)C[C@H](c2cccc(Cl)c2)[C@H]1c1ccc(Cl)cc1. The van der Waals surface area contributed by atoms with Gasteiger partial charge < -0.3 is 10.0 Å². The number of likely N-dealkylation sites (tertiary alicyclic amines) is 1. The van der Waals surface area contributed by atoms with Crippen molar-refractivity contribution < 1.29 is 23.1 Å². The molecule has 1 heterocycles. The Kier molecular flexibility index (Phi) is 9.48. The molecule has 7 nitrogen and oxygen atoms in total. The van der Waals surface area contributed by atoms with Gasteiger partial charge in [0.15, 0.2) is 0 Å². The largest absolute Gasteiger partial charge is 0.481 e. The third-order valence-electron chi connectivity index (χ3n) is 7.65. The zero-order valence-corrected chi connectivity index (χ0v) is 25.6. The molecule has 0 aromatic heterocycles. The van der Waals surface area contributed by atoms with Crippen molar-refractivity contribution in [1.82, 2.24) is 9.21 Å². The van der Waals surface area contributed by atoms with Crippen molar-refractivity contribution in [2.24, 2.45) is 5.41 Å². The Labute approximate surface area is 242 Å². The first kappa shape index (κ1) is 31.4. The van der Waals surface area contributed by atoms with E-state index in [4.69, 9.17) is 23.2 Å². The number of carbonyl (C=O) groups is 2. The lowest BCUT2D eigenvalue weighted by molar-refractivity contribution is -0.160. The number of piperidine rings is 1. The summed E-state index contributed by atoms with van der Waals surface area (Å²) >= 11 is 12.6. The lowest BCUT2D eigenvalue weighted by Crippen LogP contribution is -2.56. The van der Waals surface area contributed by atoms with Gasteiger partial charge in [0, 0.05) is 35.6 Å². The zero-order valence-electron chi connectivity index (χ0n) is 23.3. The van der Waals surface area contributed by atoms with Crippen LogP contribution in [0.25, 0.3) is 0 Å². The number of halogens is 2. The number of nitrogens with zero attached hydrogens (tertiary/aromatic N) is 2. The minimum absolute atomic E-state index is 0.204. The van der Waals surface area contributed by atoms with Crippen LogP contribution in [-0.2, 0) is 19.6 Å². The highest BCUT2D eigenvalue weighted by Gasteiger charge is 2.52. The van der Waals surface area contributed by atoms with Crippen LogP contribution in [0.3, 0.4) is 0 Å². The van der Waals surface area contributed by atoms with Crippen molar-refractivity contribution in [2.45, 2.75) is 76.6 Å². The fourth-order valence-electron chi connectivity index (χ4n) is 5.46. The van der Waals surface area contributed by atoms with E-state index in [2.05, 4.69) is 0 Å². The summed E-state index contributed by atoms with van der Waals surface area (Å²) in [5.41, 5.74) is 0.591. The highest BCUT2D eigenvalue weighted by molar-refractivity contribution is 7.90. The second-order valence-electron chi connectivity index (χ2n) is 11.8. The van der Waals surface area contributed by atoms with E-state index < -0.39 is 38.2 Å². The molecule has 1 aliphatic rings. The standard InChI is InChI=1S/C29H38Cl2N2O5S/c1-19(14-15-32(6)39(37,38)28(2,3)4)33-26(20-10-12-22(30)13-11-20)24(21-8-7-9-23(31)16-21)17-29(5,27(33)36)18-25(34)35/h7-13,16,19,24,26H,14-15,17-18H2,1-6H3,(H,34,35)/t19-,24+,26+,29+/m0/s1. The molecule has 0 radical (unpaired) electrons. The molecule has 10 heteroatoms. The molecule has 1 aliphatic heterocycles. The average Bonchev–Trinajstić information content (AvgIpc) is 2.83. The van der Waals surface area contributed by atoms with E-state index in [-0.39, 0.29) is 24.8 Å². The Bertz CT molecular complexity index is 1310. The van der Waals surface area contributed by atoms with Crippen molar-refractivity contribution in [3.05, 3.63) is 69.7 Å². The van der Waals surface area contributed by atoms with Gasteiger partial charge >= 0.3 is 5.97 Å². The minimum atomic E-state index is -3.56. The number of hydrogen-bond acceptors (Lipinski definition) is 4. The van der Waals surface area contributed by atoms with E-state index >= 15 is 0 Å². The summed E-state index contributed by atoms with van der Waals surface area (Å²) in [6, 6.07) is 13.9. The van der Waals surface area contributed by atoms with Crippen molar-refractivity contribution in [2.75, 3.05) is 13.6 Å². The average molecular weight is 598 g/mol. The number of carboxylic acids is 1. The van der Waals surface area contributed by atoms with Gasteiger partial charge in [0.2, 0.25) is 15.9 Å². The molecule has 39 heavy (non-hydrogen) atoms. The Balaban J connectivity index is 2.11. The Morgan fingerprint density at radius 2 is 1.74 bits per heavy atom. The van der Waals surface area contributed by atoms with Gasteiger partial charge in [-0.05, 0) is 75.9 Å². The maximum Gasteiger partial charge on any atom is 0.304 e. The van der Waals surface area contributed by atoms with Gasteiger partial charge in [-0.1, -0.05) is 54.4 Å². The number of carbonyl (C=O) groups excluding carboxylic acids is 1. The quantitative estimate of drug-likeness (QED) is 0.363. The summed E-state index contributed by atoms with van der Waals surface area (Å²) < 4.78 is 26.3. The van der Waals surface area contributed by atoms with E-state index in [1.807, 2.05) is 37.3 Å². The minimum Gasteiger partial charge on any atom is -0.481 e. The molecule has 1 amide bonds. The monoisotopic (exact) mass is 596 g/mol. The number of aliphatic carboxylic acids is 1. The molecule has 3 rings (SSSR count). The summed E-state index contributed by atoms with van der Waals surface area (Å²) in [6.45, 7) is 8.75. The molecule has 214 valence electrons. The van der Waals surface area contributed by atoms with E-state index in [9.17, 15) is 23.1 Å². The second kappa shape index (κ2) is 11.8. The lowest BCUT2D eigenvalue weighted by Gasteiger charge is -2.51.